The van der Waals surface area contributed by atoms with Crippen molar-refractivity contribution >= 4 is 0 Å². The highest BCUT2D eigenvalue weighted by molar-refractivity contribution is 5.46. The fraction of sp³-hybridized carbons (Fsp3) is 0.667. The van der Waals surface area contributed by atoms with Crippen molar-refractivity contribution < 1.29 is 4.74 Å². The van der Waals surface area contributed by atoms with E-state index in [1.807, 2.05) is 0 Å². The van der Waals surface area contributed by atoms with Crippen molar-refractivity contribution in [1.29, 1.82) is 0 Å². The molecule has 13 heavy (non-hydrogen) atoms. The predicted octanol–water partition coefficient (Wildman–Crippen LogP) is 3.22. The largest absolute Gasteiger partial charge is 0.367 e. The van der Waals surface area contributed by atoms with Gasteiger partial charge >= 0.3 is 0 Å². The molecule has 0 fully saturated rings. The summed E-state index contributed by atoms with van der Waals surface area (Å²) in [6.45, 7) is 9.66. The Morgan fingerprint density at radius 1 is 1.15 bits per heavy atom. The summed E-state index contributed by atoms with van der Waals surface area (Å²) in [5.41, 5.74) is 6.04. The van der Waals surface area contributed by atoms with Gasteiger partial charge in [-0.2, -0.15) is 0 Å². The van der Waals surface area contributed by atoms with E-state index in [4.69, 9.17) is 4.74 Å². The lowest BCUT2D eigenvalue weighted by molar-refractivity contribution is 0.0471. The Morgan fingerprint density at radius 2 is 1.85 bits per heavy atom. The molecule has 1 nitrogen and oxygen atoms in total. The molecule has 0 saturated heterocycles. The average molecular weight is 178 g/mol. The summed E-state index contributed by atoms with van der Waals surface area (Å²) in [6.07, 6.45) is 2.42. The minimum absolute atomic E-state index is 0.00269. The molecule has 1 aliphatic heterocycles. The van der Waals surface area contributed by atoms with Gasteiger partial charge in [-0.05, 0) is 57.3 Å². The molecule has 0 amide bonds. The predicted molar refractivity (Wildman–Crippen MR) is 54.7 cm³/mol. The smallest absolute Gasteiger partial charge is 0.0846 e. The number of hydrogen-bond acceptors (Lipinski definition) is 1. The lowest BCUT2D eigenvalue weighted by Gasteiger charge is -2.25. The molecule has 0 aromatic carbocycles. The zero-order chi connectivity index (χ0) is 9.64. The summed E-state index contributed by atoms with van der Waals surface area (Å²) in [5.74, 6) is 0. The lowest BCUT2D eigenvalue weighted by atomic mass is 9.82. The Kier molecular flexibility index (Phi) is 1.88. The van der Waals surface area contributed by atoms with Crippen molar-refractivity contribution in [3.05, 3.63) is 22.3 Å². The SMILES string of the molecule is CC1=C(C)C2=C(CC1)C(C)(C)OC2. The Hall–Kier alpha value is -0.560. The summed E-state index contributed by atoms with van der Waals surface area (Å²) in [5, 5.41) is 0. The summed E-state index contributed by atoms with van der Waals surface area (Å²) in [4.78, 5) is 0. The molecule has 72 valence electrons. The highest BCUT2D eigenvalue weighted by atomic mass is 16.5. The van der Waals surface area contributed by atoms with Gasteiger partial charge in [0.25, 0.3) is 0 Å². The summed E-state index contributed by atoms with van der Waals surface area (Å²) >= 11 is 0. The topological polar surface area (TPSA) is 9.23 Å². The van der Waals surface area contributed by atoms with E-state index >= 15 is 0 Å². The molecule has 1 heterocycles. The molecule has 0 bridgehead atoms. The maximum atomic E-state index is 5.80. The number of hydrogen-bond donors (Lipinski definition) is 0. The van der Waals surface area contributed by atoms with Crippen molar-refractivity contribution in [2.45, 2.75) is 46.1 Å². The molecule has 2 aliphatic rings. The van der Waals surface area contributed by atoms with Gasteiger partial charge in [0.1, 0.15) is 0 Å². The number of ether oxygens (including phenoxy) is 1. The maximum Gasteiger partial charge on any atom is 0.0846 e. The zero-order valence-corrected chi connectivity index (χ0v) is 9.03. The van der Waals surface area contributed by atoms with Gasteiger partial charge in [0.05, 0.1) is 12.2 Å². The van der Waals surface area contributed by atoms with E-state index in [9.17, 15) is 0 Å². The maximum absolute atomic E-state index is 5.80. The van der Waals surface area contributed by atoms with E-state index in [1.54, 1.807) is 5.57 Å². The zero-order valence-electron chi connectivity index (χ0n) is 9.03. The van der Waals surface area contributed by atoms with Gasteiger partial charge in [-0.25, -0.2) is 0 Å². The van der Waals surface area contributed by atoms with E-state index < -0.39 is 0 Å². The summed E-state index contributed by atoms with van der Waals surface area (Å²) < 4.78 is 5.80. The van der Waals surface area contributed by atoms with E-state index in [1.165, 1.54) is 29.6 Å². The van der Waals surface area contributed by atoms with Crippen molar-refractivity contribution in [2.24, 2.45) is 0 Å². The van der Waals surface area contributed by atoms with Crippen LogP contribution in [0.1, 0.15) is 40.5 Å². The van der Waals surface area contributed by atoms with Gasteiger partial charge in [0.2, 0.25) is 0 Å². The third kappa shape index (κ3) is 1.26. The van der Waals surface area contributed by atoms with Gasteiger partial charge in [-0.1, -0.05) is 5.57 Å². The van der Waals surface area contributed by atoms with Gasteiger partial charge in [-0.15, -0.1) is 0 Å². The standard InChI is InChI=1S/C12H18O/c1-8-5-6-11-10(9(8)2)7-13-12(11,3)4/h5-7H2,1-4H3. The van der Waals surface area contributed by atoms with Crippen molar-refractivity contribution in [2.75, 3.05) is 6.61 Å². The van der Waals surface area contributed by atoms with Crippen molar-refractivity contribution in [3.63, 3.8) is 0 Å². The molecule has 0 radical (unpaired) electrons. The van der Waals surface area contributed by atoms with E-state index in [-0.39, 0.29) is 5.60 Å². The molecule has 0 saturated carbocycles. The Balaban J connectivity index is 2.45. The van der Waals surface area contributed by atoms with Crippen molar-refractivity contribution in [1.82, 2.24) is 0 Å². The third-order valence-corrected chi connectivity index (χ3v) is 3.51. The van der Waals surface area contributed by atoms with Crippen LogP contribution in [0.2, 0.25) is 0 Å². The van der Waals surface area contributed by atoms with Crippen LogP contribution < -0.4 is 0 Å². The van der Waals surface area contributed by atoms with Gasteiger partial charge in [0, 0.05) is 0 Å². The van der Waals surface area contributed by atoms with Crippen LogP contribution in [0.15, 0.2) is 22.3 Å². The van der Waals surface area contributed by atoms with Gasteiger partial charge in [0.15, 0.2) is 0 Å². The molecule has 0 aromatic rings. The van der Waals surface area contributed by atoms with Gasteiger partial charge in [-0.3, -0.25) is 0 Å². The van der Waals surface area contributed by atoms with Crippen LogP contribution in [0, 0.1) is 0 Å². The van der Waals surface area contributed by atoms with Crippen molar-refractivity contribution in [3.8, 4) is 0 Å². The second kappa shape index (κ2) is 2.71. The fourth-order valence-corrected chi connectivity index (χ4v) is 2.33. The van der Waals surface area contributed by atoms with Crippen LogP contribution in [0.5, 0.6) is 0 Å². The molecular weight excluding hydrogens is 160 g/mol. The minimum Gasteiger partial charge on any atom is -0.367 e. The molecule has 1 heteroatoms. The number of allylic oxidation sites excluding steroid dienone is 1. The first-order valence-corrected chi connectivity index (χ1v) is 5.05. The Labute approximate surface area is 80.5 Å². The van der Waals surface area contributed by atoms with Crippen LogP contribution in [0.4, 0.5) is 0 Å². The highest BCUT2D eigenvalue weighted by Gasteiger charge is 2.35. The van der Waals surface area contributed by atoms with Crippen LogP contribution >= 0.6 is 0 Å². The van der Waals surface area contributed by atoms with E-state index in [0.29, 0.717) is 0 Å². The minimum atomic E-state index is -0.00269. The molecule has 0 N–H and O–H groups in total. The molecule has 2 rings (SSSR count). The summed E-state index contributed by atoms with van der Waals surface area (Å²) in [7, 11) is 0. The normalized spacial score (nSPS) is 26.8. The summed E-state index contributed by atoms with van der Waals surface area (Å²) in [6, 6.07) is 0. The van der Waals surface area contributed by atoms with Crippen LogP contribution in [0.25, 0.3) is 0 Å². The first-order chi connectivity index (χ1) is 6.02. The van der Waals surface area contributed by atoms with E-state index in [0.717, 1.165) is 6.61 Å². The average Bonchev–Trinajstić information content (AvgIpc) is 2.35. The molecule has 0 spiro atoms. The van der Waals surface area contributed by atoms with E-state index in [2.05, 4.69) is 27.7 Å². The lowest BCUT2D eigenvalue weighted by Crippen LogP contribution is -2.22. The second-order valence-corrected chi connectivity index (χ2v) is 4.66. The Bertz CT molecular complexity index is 305. The molecular formula is C12H18O. The third-order valence-electron chi connectivity index (χ3n) is 3.51. The first-order valence-electron chi connectivity index (χ1n) is 5.05. The molecule has 0 atom stereocenters. The molecule has 1 aliphatic carbocycles. The highest BCUT2D eigenvalue weighted by Crippen LogP contribution is 2.42. The fourth-order valence-electron chi connectivity index (χ4n) is 2.33. The second-order valence-electron chi connectivity index (χ2n) is 4.66. The first kappa shape index (κ1) is 9.01. The Morgan fingerprint density at radius 3 is 2.54 bits per heavy atom. The van der Waals surface area contributed by atoms with Crippen LogP contribution in [0.3, 0.4) is 0 Å². The van der Waals surface area contributed by atoms with Crippen LogP contribution in [-0.4, -0.2) is 12.2 Å². The molecule has 0 unspecified atom stereocenters. The quantitative estimate of drug-likeness (QED) is 0.553. The number of rotatable bonds is 0. The molecule has 0 aromatic heterocycles. The van der Waals surface area contributed by atoms with Gasteiger partial charge < -0.3 is 4.74 Å². The monoisotopic (exact) mass is 178 g/mol. The van der Waals surface area contributed by atoms with Crippen LogP contribution in [-0.2, 0) is 4.74 Å².